The molecule has 0 bridgehead atoms. The Hall–Kier alpha value is -3.53. The third-order valence-corrected chi connectivity index (χ3v) is 10.9. The fourth-order valence-electron chi connectivity index (χ4n) is 6.90. The second kappa shape index (κ2) is 20.5. The summed E-state index contributed by atoms with van der Waals surface area (Å²) in [6.45, 7) is 17.3. The molecule has 1 aliphatic heterocycles. The minimum atomic E-state index is -0.355. The molecule has 2 heterocycles. The van der Waals surface area contributed by atoms with Crippen LogP contribution in [0.1, 0.15) is 110 Å². The molecule has 5 nitrogen and oxygen atoms in total. The van der Waals surface area contributed by atoms with Gasteiger partial charge in [-0.05, 0) is 168 Å². The van der Waals surface area contributed by atoms with Crippen LogP contribution in [0.3, 0.4) is 0 Å². The molecule has 1 saturated heterocycles. The van der Waals surface area contributed by atoms with Gasteiger partial charge in [-0.1, -0.05) is 73.2 Å². The minimum absolute atomic E-state index is 0.0683. The van der Waals surface area contributed by atoms with Crippen molar-refractivity contribution >= 4 is 17.2 Å². The van der Waals surface area contributed by atoms with E-state index in [0.29, 0.717) is 12.1 Å². The van der Waals surface area contributed by atoms with Crippen molar-refractivity contribution < 1.29 is 5.11 Å². The molecule has 0 saturated carbocycles. The van der Waals surface area contributed by atoms with E-state index < -0.39 is 0 Å². The largest absolute Gasteiger partial charge is 0.394 e. The number of nitriles is 1. The molecule has 2 aromatic carbocycles. The van der Waals surface area contributed by atoms with Gasteiger partial charge >= 0.3 is 0 Å². The fraction of sp³-hybridized carbons (Fsp3) is 0.467. The Morgan fingerprint density at radius 1 is 1.04 bits per heavy atom. The number of benzene rings is 2. The number of aliphatic hydroxyl groups is 1. The van der Waals surface area contributed by atoms with Crippen molar-refractivity contribution in [3.63, 3.8) is 0 Å². The number of aryl methyl sites for hydroxylation is 4. The first-order valence-corrected chi connectivity index (χ1v) is 19.4. The zero-order chi connectivity index (χ0) is 36.6. The van der Waals surface area contributed by atoms with Gasteiger partial charge in [-0.15, -0.1) is 0 Å². The number of aliphatic hydroxyl groups excluding tert-OH is 1. The first-order valence-electron chi connectivity index (χ1n) is 19.0. The third-order valence-electron chi connectivity index (χ3n) is 10.6. The van der Waals surface area contributed by atoms with Gasteiger partial charge in [0.05, 0.1) is 12.2 Å². The van der Waals surface area contributed by atoms with Gasteiger partial charge in [0.1, 0.15) is 6.07 Å². The number of rotatable bonds is 20. The summed E-state index contributed by atoms with van der Waals surface area (Å²) in [5, 5.41) is 23.6. The molecule has 1 fully saturated rings. The Morgan fingerprint density at radius 3 is 2.55 bits per heavy atom. The minimum Gasteiger partial charge on any atom is -0.394 e. The number of halogens is 1. The molecule has 0 radical (unpaired) electrons. The van der Waals surface area contributed by atoms with Gasteiger partial charge in [0.15, 0.2) is 0 Å². The summed E-state index contributed by atoms with van der Waals surface area (Å²) in [4.78, 5) is 6.86. The van der Waals surface area contributed by atoms with Crippen LogP contribution in [0, 0.1) is 18.3 Å². The quantitative estimate of drug-likeness (QED) is 0.0904. The predicted octanol–water partition coefficient (Wildman–Crippen LogP) is 9.91. The average molecular weight is 707 g/mol. The van der Waals surface area contributed by atoms with E-state index in [4.69, 9.17) is 11.6 Å². The highest BCUT2D eigenvalue weighted by atomic mass is 35.5. The Kier molecular flexibility index (Phi) is 16.2. The van der Waals surface area contributed by atoms with Crippen LogP contribution in [-0.4, -0.2) is 46.8 Å². The predicted molar refractivity (Wildman–Crippen MR) is 215 cm³/mol. The standard InChI is InChI=1S/C45H59ClN4O/c1-6-45(5,33-51)49-32-41-28-44(46)40(27-39(41)22-21-36-26-37(29-47)31-48-30-36)17-9-7-8-10-19-42(34(2)3)43-20-15-18-38(35(43)4)16-11-12-23-50-24-13-14-25-50/h8,10,15,18-20,26-28,30-31,49,51H,2,6-7,9,11-14,16-17,21-25,32-33H2,1,3-5H3/b10-8-,42-19+. The van der Waals surface area contributed by atoms with E-state index in [1.54, 1.807) is 6.20 Å². The van der Waals surface area contributed by atoms with E-state index in [1.165, 1.54) is 73.1 Å². The number of nitrogens with zero attached hydrogens (tertiary/aromatic N) is 3. The topological polar surface area (TPSA) is 72.2 Å². The van der Waals surface area contributed by atoms with Crippen LogP contribution < -0.4 is 5.32 Å². The number of unbranched alkanes of at least 4 members (excludes halogenated alkanes) is 2. The summed E-state index contributed by atoms with van der Waals surface area (Å²) in [7, 11) is 0. The van der Waals surface area contributed by atoms with Crippen LogP contribution in [-0.2, 0) is 32.2 Å². The number of hydrogen-bond acceptors (Lipinski definition) is 5. The highest BCUT2D eigenvalue weighted by Crippen LogP contribution is 2.29. The Labute approximate surface area is 313 Å². The molecular weight excluding hydrogens is 648 g/mol. The van der Waals surface area contributed by atoms with Crippen LogP contribution >= 0.6 is 11.6 Å². The zero-order valence-electron chi connectivity index (χ0n) is 31.5. The van der Waals surface area contributed by atoms with Crippen LogP contribution in [0.25, 0.3) is 5.57 Å². The molecule has 272 valence electrons. The van der Waals surface area contributed by atoms with E-state index in [2.05, 4.69) is 97.2 Å². The van der Waals surface area contributed by atoms with Crippen molar-refractivity contribution in [3.8, 4) is 6.07 Å². The van der Waals surface area contributed by atoms with E-state index in [-0.39, 0.29) is 12.1 Å². The molecular formula is C45H59ClN4O. The summed E-state index contributed by atoms with van der Waals surface area (Å²) in [5.41, 5.74) is 11.2. The molecule has 6 heteroatoms. The first kappa shape index (κ1) is 40.2. The number of aromatic nitrogens is 1. The summed E-state index contributed by atoms with van der Waals surface area (Å²) in [6, 6.07) is 15.2. The first-order chi connectivity index (χ1) is 24.7. The van der Waals surface area contributed by atoms with Crippen LogP contribution in [0.5, 0.6) is 0 Å². The van der Waals surface area contributed by atoms with Gasteiger partial charge in [0.25, 0.3) is 0 Å². The third kappa shape index (κ3) is 12.3. The number of pyridine rings is 1. The second-order valence-corrected chi connectivity index (χ2v) is 15.0. The second-order valence-electron chi connectivity index (χ2n) is 14.6. The highest BCUT2D eigenvalue weighted by molar-refractivity contribution is 6.31. The monoisotopic (exact) mass is 706 g/mol. The Morgan fingerprint density at radius 2 is 1.82 bits per heavy atom. The summed E-state index contributed by atoms with van der Waals surface area (Å²) < 4.78 is 0. The van der Waals surface area contributed by atoms with Gasteiger partial charge in [-0.3, -0.25) is 4.98 Å². The van der Waals surface area contributed by atoms with Gasteiger partial charge < -0.3 is 15.3 Å². The maximum absolute atomic E-state index is 9.96. The molecule has 0 aliphatic carbocycles. The molecule has 51 heavy (non-hydrogen) atoms. The molecule has 1 unspecified atom stereocenters. The zero-order valence-corrected chi connectivity index (χ0v) is 32.3. The molecule has 4 rings (SSSR count). The number of likely N-dealkylation sites (tertiary alicyclic amines) is 1. The summed E-state index contributed by atoms with van der Waals surface area (Å²) >= 11 is 6.89. The highest BCUT2D eigenvalue weighted by Gasteiger charge is 2.21. The van der Waals surface area contributed by atoms with Crippen molar-refractivity contribution in [3.05, 3.63) is 129 Å². The molecule has 0 spiro atoms. The van der Waals surface area contributed by atoms with Crippen molar-refractivity contribution in [2.24, 2.45) is 0 Å². The van der Waals surface area contributed by atoms with Crippen molar-refractivity contribution in [2.75, 3.05) is 26.2 Å². The van der Waals surface area contributed by atoms with Crippen LogP contribution in [0.2, 0.25) is 5.02 Å². The average Bonchev–Trinajstić information content (AvgIpc) is 3.66. The summed E-state index contributed by atoms with van der Waals surface area (Å²) in [5.74, 6) is 0. The number of nitrogens with one attached hydrogen (secondary N) is 1. The van der Waals surface area contributed by atoms with E-state index in [9.17, 15) is 10.4 Å². The molecule has 3 aromatic rings. The lowest BCUT2D eigenvalue weighted by Crippen LogP contribution is -2.44. The Bertz CT molecular complexity index is 1690. The van der Waals surface area contributed by atoms with Gasteiger partial charge in [0.2, 0.25) is 0 Å². The van der Waals surface area contributed by atoms with Crippen molar-refractivity contribution in [1.82, 2.24) is 15.2 Å². The van der Waals surface area contributed by atoms with Gasteiger partial charge in [-0.25, -0.2) is 0 Å². The molecule has 1 aromatic heterocycles. The summed E-state index contributed by atoms with van der Waals surface area (Å²) in [6.07, 6.45) is 21.7. The lowest BCUT2D eigenvalue weighted by Gasteiger charge is -2.28. The Balaban J connectivity index is 1.39. The molecule has 1 atom stereocenters. The maximum Gasteiger partial charge on any atom is 0.101 e. The van der Waals surface area contributed by atoms with Crippen LogP contribution in [0.15, 0.2) is 79.2 Å². The normalized spacial score (nSPS) is 15.0. The van der Waals surface area contributed by atoms with Crippen molar-refractivity contribution in [1.29, 1.82) is 5.26 Å². The van der Waals surface area contributed by atoms with Gasteiger partial charge in [-0.2, -0.15) is 5.26 Å². The number of hydrogen-bond donors (Lipinski definition) is 2. The number of allylic oxidation sites excluding steroid dienone is 5. The molecule has 2 N–H and O–H groups in total. The molecule has 0 amide bonds. The van der Waals surface area contributed by atoms with E-state index >= 15 is 0 Å². The van der Waals surface area contributed by atoms with E-state index in [1.807, 2.05) is 19.2 Å². The van der Waals surface area contributed by atoms with Gasteiger partial charge in [0, 0.05) is 29.5 Å². The lowest BCUT2D eigenvalue weighted by molar-refractivity contribution is 0.169. The SMILES string of the molecule is C=C(C)/C(=C\C=C/CCCc1cc(CCc2cncc(C#N)c2)c(CNC(C)(CC)CO)cc1Cl)c1cccc(CCCCN2CCCC2)c1C. The maximum atomic E-state index is 9.96. The smallest absolute Gasteiger partial charge is 0.101 e. The molecule has 1 aliphatic rings. The van der Waals surface area contributed by atoms with Crippen LogP contribution in [0.4, 0.5) is 0 Å². The lowest BCUT2D eigenvalue weighted by atomic mass is 9.91. The van der Waals surface area contributed by atoms with Crippen molar-refractivity contribution in [2.45, 2.75) is 110 Å². The van der Waals surface area contributed by atoms with E-state index in [0.717, 1.165) is 72.2 Å². The fourth-order valence-corrected chi connectivity index (χ4v) is 7.18.